The first-order valence-electron chi connectivity index (χ1n) is 9.76. The van der Waals surface area contributed by atoms with E-state index >= 15 is 0 Å². The van der Waals surface area contributed by atoms with Crippen molar-refractivity contribution in [1.29, 1.82) is 0 Å². The van der Waals surface area contributed by atoms with E-state index in [-0.39, 0.29) is 5.92 Å². The van der Waals surface area contributed by atoms with Gasteiger partial charge < -0.3 is 14.6 Å². The highest BCUT2D eigenvalue weighted by Crippen LogP contribution is 2.44. The average Bonchev–Trinajstić information content (AvgIpc) is 2.73. The van der Waals surface area contributed by atoms with Crippen molar-refractivity contribution in [3.63, 3.8) is 0 Å². The van der Waals surface area contributed by atoms with Gasteiger partial charge >= 0.3 is 0 Å². The Morgan fingerprint density at radius 1 is 0.893 bits per heavy atom. The van der Waals surface area contributed by atoms with Gasteiger partial charge in [-0.3, -0.25) is 0 Å². The molecule has 0 aliphatic heterocycles. The number of hydrogen-bond donors (Lipinski definition) is 1. The summed E-state index contributed by atoms with van der Waals surface area (Å²) in [7, 11) is 3.42. The minimum atomic E-state index is 0.220. The molecule has 0 bridgehead atoms. The van der Waals surface area contributed by atoms with Crippen LogP contribution in [0.5, 0.6) is 17.2 Å². The standard InChI is InChI=1S/C25H26O3/c1-27-22-8-3-5-17(14-22)13-20-10-9-18-11-12-23(28-2)16-24(18)25(20)19-6-4-7-21(26)15-19/h3-8,11-12,14-16,20,25-26H,9-10,13H2,1-2H3. The van der Waals surface area contributed by atoms with E-state index in [9.17, 15) is 5.11 Å². The Morgan fingerprint density at radius 2 is 1.68 bits per heavy atom. The average molecular weight is 374 g/mol. The molecule has 3 aromatic carbocycles. The molecule has 28 heavy (non-hydrogen) atoms. The van der Waals surface area contributed by atoms with Crippen LogP contribution in [0, 0.1) is 5.92 Å². The van der Waals surface area contributed by atoms with Crippen LogP contribution in [0.4, 0.5) is 0 Å². The van der Waals surface area contributed by atoms with Crippen LogP contribution >= 0.6 is 0 Å². The summed E-state index contributed by atoms with van der Waals surface area (Å²) in [5.41, 5.74) is 5.11. The molecule has 0 aromatic heterocycles. The minimum Gasteiger partial charge on any atom is -0.508 e. The number of fused-ring (bicyclic) bond motifs is 1. The van der Waals surface area contributed by atoms with Gasteiger partial charge in [-0.1, -0.05) is 30.3 Å². The van der Waals surface area contributed by atoms with Crippen LogP contribution in [0.25, 0.3) is 0 Å². The Labute approximate surface area is 166 Å². The molecule has 0 spiro atoms. The van der Waals surface area contributed by atoms with Crippen LogP contribution in [0.1, 0.15) is 34.6 Å². The Kier molecular flexibility index (Phi) is 5.25. The molecule has 1 aliphatic rings. The molecule has 1 aliphatic carbocycles. The lowest BCUT2D eigenvalue weighted by Gasteiger charge is -2.35. The third-order valence-electron chi connectivity index (χ3n) is 5.81. The predicted molar refractivity (Wildman–Crippen MR) is 111 cm³/mol. The van der Waals surface area contributed by atoms with Crippen LogP contribution in [-0.4, -0.2) is 19.3 Å². The monoisotopic (exact) mass is 374 g/mol. The summed E-state index contributed by atoms with van der Waals surface area (Å²) >= 11 is 0. The molecule has 3 heteroatoms. The predicted octanol–water partition coefficient (Wildman–Crippen LogP) is 5.35. The normalized spacial score (nSPS) is 18.4. The zero-order chi connectivity index (χ0) is 19.5. The van der Waals surface area contributed by atoms with Crippen LogP contribution in [0.15, 0.2) is 66.7 Å². The maximum Gasteiger partial charge on any atom is 0.119 e. The number of aryl methyl sites for hydroxylation is 1. The second-order valence-electron chi connectivity index (χ2n) is 7.49. The molecular weight excluding hydrogens is 348 g/mol. The Hall–Kier alpha value is -2.94. The van der Waals surface area contributed by atoms with Crippen LogP contribution in [-0.2, 0) is 12.8 Å². The number of rotatable bonds is 5. The zero-order valence-corrected chi connectivity index (χ0v) is 16.4. The first-order valence-corrected chi connectivity index (χ1v) is 9.76. The maximum absolute atomic E-state index is 10.1. The third kappa shape index (κ3) is 3.70. The van der Waals surface area contributed by atoms with Crippen molar-refractivity contribution >= 4 is 0 Å². The molecule has 0 heterocycles. The van der Waals surface area contributed by atoms with E-state index in [4.69, 9.17) is 9.47 Å². The molecule has 3 nitrogen and oxygen atoms in total. The fourth-order valence-electron chi connectivity index (χ4n) is 4.47. The number of ether oxygens (including phenoxy) is 2. The summed E-state index contributed by atoms with van der Waals surface area (Å²) < 4.78 is 10.9. The second kappa shape index (κ2) is 7.97. The van der Waals surface area contributed by atoms with E-state index in [0.717, 1.165) is 36.3 Å². The lowest BCUT2D eigenvalue weighted by Crippen LogP contribution is -2.23. The molecule has 0 saturated heterocycles. The fourth-order valence-corrected chi connectivity index (χ4v) is 4.47. The number of benzene rings is 3. The van der Waals surface area contributed by atoms with Crippen molar-refractivity contribution in [1.82, 2.24) is 0 Å². The highest BCUT2D eigenvalue weighted by molar-refractivity contribution is 5.46. The first kappa shape index (κ1) is 18.4. The van der Waals surface area contributed by atoms with Crippen LogP contribution in [0.2, 0.25) is 0 Å². The SMILES string of the molecule is COc1cccc(CC2CCc3ccc(OC)cc3C2c2cccc(O)c2)c1. The van der Waals surface area contributed by atoms with Crippen molar-refractivity contribution in [3.8, 4) is 17.2 Å². The second-order valence-corrected chi connectivity index (χ2v) is 7.49. The number of aromatic hydroxyl groups is 1. The van der Waals surface area contributed by atoms with Crippen molar-refractivity contribution in [2.45, 2.75) is 25.2 Å². The van der Waals surface area contributed by atoms with E-state index in [1.165, 1.54) is 16.7 Å². The first-order chi connectivity index (χ1) is 13.7. The lowest BCUT2D eigenvalue weighted by atomic mass is 9.70. The van der Waals surface area contributed by atoms with Gasteiger partial charge in [-0.15, -0.1) is 0 Å². The smallest absolute Gasteiger partial charge is 0.119 e. The van der Waals surface area contributed by atoms with Crippen molar-refractivity contribution in [2.24, 2.45) is 5.92 Å². The molecule has 0 amide bonds. The van der Waals surface area contributed by atoms with E-state index in [2.05, 4.69) is 36.4 Å². The summed E-state index contributed by atoms with van der Waals surface area (Å²) in [6, 6.07) is 22.4. The zero-order valence-electron chi connectivity index (χ0n) is 16.4. The van der Waals surface area contributed by atoms with E-state index in [1.54, 1.807) is 20.3 Å². The molecule has 1 N–H and O–H groups in total. The molecule has 0 radical (unpaired) electrons. The van der Waals surface area contributed by atoms with Gasteiger partial charge in [-0.05, 0) is 83.8 Å². The summed E-state index contributed by atoms with van der Waals surface area (Å²) in [5, 5.41) is 10.1. The van der Waals surface area contributed by atoms with E-state index < -0.39 is 0 Å². The topological polar surface area (TPSA) is 38.7 Å². The van der Waals surface area contributed by atoms with Gasteiger partial charge in [0, 0.05) is 5.92 Å². The summed E-state index contributed by atoms with van der Waals surface area (Å²) in [5.74, 6) is 2.74. The van der Waals surface area contributed by atoms with E-state index in [0.29, 0.717) is 11.7 Å². The van der Waals surface area contributed by atoms with Gasteiger partial charge in [-0.25, -0.2) is 0 Å². The van der Waals surface area contributed by atoms with Crippen LogP contribution in [0.3, 0.4) is 0 Å². The third-order valence-corrected chi connectivity index (χ3v) is 5.81. The minimum absolute atomic E-state index is 0.220. The molecule has 0 fully saturated rings. The molecule has 144 valence electrons. The number of phenols is 1. The fraction of sp³-hybridized carbons (Fsp3) is 0.280. The van der Waals surface area contributed by atoms with Gasteiger partial charge in [0.05, 0.1) is 14.2 Å². The molecule has 0 saturated carbocycles. The number of phenolic OH excluding ortho intramolecular Hbond substituents is 1. The lowest BCUT2D eigenvalue weighted by molar-refractivity contribution is 0.391. The van der Waals surface area contributed by atoms with Crippen molar-refractivity contribution in [2.75, 3.05) is 14.2 Å². The Morgan fingerprint density at radius 3 is 2.46 bits per heavy atom. The van der Waals surface area contributed by atoms with E-state index in [1.807, 2.05) is 24.3 Å². The van der Waals surface area contributed by atoms with Gasteiger partial charge in [0.25, 0.3) is 0 Å². The van der Waals surface area contributed by atoms with Gasteiger partial charge in [0.15, 0.2) is 0 Å². The van der Waals surface area contributed by atoms with Gasteiger partial charge in [0.1, 0.15) is 17.2 Å². The number of hydrogen-bond acceptors (Lipinski definition) is 3. The molecule has 3 aromatic rings. The molecule has 2 atom stereocenters. The Balaban J connectivity index is 1.76. The van der Waals surface area contributed by atoms with Crippen LogP contribution < -0.4 is 9.47 Å². The van der Waals surface area contributed by atoms with Gasteiger partial charge in [0.2, 0.25) is 0 Å². The largest absolute Gasteiger partial charge is 0.508 e. The van der Waals surface area contributed by atoms with Crippen molar-refractivity contribution < 1.29 is 14.6 Å². The molecule has 2 unspecified atom stereocenters. The summed E-state index contributed by atoms with van der Waals surface area (Å²) in [4.78, 5) is 0. The molecular formula is C25H26O3. The highest BCUT2D eigenvalue weighted by Gasteiger charge is 2.31. The summed E-state index contributed by atoms with van der Waals surface area (Å²) in [6.45, 7) is 0. The highest BCUT2D eigenvalue weighted by atomic mass is 16.5. The van der Waals surface area contributed by atoms with Gasteiger partial charge in [-0.2, -0.15) is 0 Å². The summed E-state index contributed by atoms with van der Waals surface area (Å²) in [6.07, 6.45) is 3.13. The molecule has 4 rings (SSSR count). The Bertz CT molecular complexity index is 964. The van der Waals surface area contributed by atoms with Crippen molar-refractivity contribution in [3.05, 3.63) is 89.0 Å². The quantitative estimate of drug-likeness (QED) is 0.654. The maximum atomic E-state index is 10.1. The number of methoxy groups -OCH3 is 2.